The van der Waals surface area contributed by atoms with E-state index in [0.29, 0.717) is 30.3 Å². The van der Waals surface area contributed by atoms with E-state index < -0.39 is 23.6 Å². The fourth-order valence-corrected chi connectivity index (χ4v) is 5.40. The van der Waals surface area contributed by atoms with Gasteiger partial charge in [0.15, 0.2) is 11.8 Å². The Balaban J connectivity index is 1.54. The smallest absolute Gasteiger partial charge is 0.370 e. The van der Waals surface area contributed by atoms with E-state index >= 15 is 0 Å². The summed E-state index contributed by atoms with van der Waals surface area (Å²) in [6, 6.07) is -0.291. The predicted octanol–water partition coefficient (Wildman–Crippen LogP) is 5.22. The van der Waals surface area contributed by atoms with Crippen molar-refractivity contribution in [3.05, 3.63) is 35.0 Å². The fourth-order valence-electron chi connectivity index (χ4n) is 5.40. The Hall–Kier alpha value is -2.32. The molecule has 2 heterocycles. The molecular weight excluding hydrogens is 407 g/mol. The molecule has 2 unspecified atom stereocenters. The van der Waals surface area contributed by atoms with Crippen molar-refractivity contribution in [1.82, 2.24) is 15.0 Å². The Kier molecular flexibility index (Phi) is 6.12. The third kappa shape index (κ3) is 4.50. The normalized spacial score (nSPS) is 27.5. The van der Waals surface area contributed by atoms with Crippen molar-refractivity contribution in [3.63, 3.8) is 0 Å². The van der Waals surface area contributed by atoms with Gasteiger partial charge in [0.2, 0.25) is 5.89 Å². The number of hydrogen-bond acceptors (Lipinski definition) is 4. The summed E-state index contributed by atoms with van der Waals surface area (Å²) in [6.45, 7) is 2.22. The molecule has 0 amide bonds. The highest BCUT2D eigenvalue weighted by molar-refractivity contribution is 5.75. The van der Waals surface area contributed by atoms with Crippen LogP contribution in [0.15, 0.2) is 27.8 Å². The number of nitrogens with two attached hydrogens (primary N) is 1. The summed E-state index contributed by atoms with van der Waals surface area (Å²) >= 11 is 0. The molecule has 6 nitrogen and oxygen atoms in total. The third-order valence-corrected chi connectivity index (χ3v) is 7.05. The minimum absolute atomic E-state index is 0.0672. The second-order valence-electron chi connectivity index (χ2n) is 9.03. The van der Waals surface area contributed by atoms with Gasteiger partial charge in [-0.1, -0.05) is 49.9 Å². The van der Waals surface area contributed by atoms with Crippen molar-refractivity contribution < 1.29 is 17.7 Å². The molecule has 31 heavy (non-hydrogen) atoms. The van der Waals surface area contributed by atoms with Crippen molar-refractivity contribution in [3.8, 4) is 0 Å². The van der Waals surface area contributed by atoms with Crippen LogP contribution in [0.3, 0.4) is 0 Å². The minimum atomic E-state index is -4.39. The van der Waals surface area contributed by atoms with E-state index in [4.69, 9.17) is 15.7 Å². The van der Waals surface area contributed by atoms with Crippen LogP contribution in [-0.2, 0) is 0 Å². The lowest BCUT2D eigenvalue weighted by Crippen LogP contribution is -2.35. The molecule has 0 bridgehead atoms. The summed E-state index contributed by atoms with van der Waals surface area (Å²) in [5.41, 5.74) is 5.56. The molecule has 0 aromatic carbocycles. The maximum absolute atomic E-state index is 14.0. The Labute approximate surface area is 180 Å². The molecule has 1 aromatic heterocycles. The quantitative estimate of drug-likeness (QED) is 0.487. The molecule has 0 spiro atoms. The Morgan fingerprint density at radius 2 is 2.00 bits per heavy atom. The van der Waals surface area contributed by atoms with Crippen molar-refractivity contribution >= 4 is 5.96 Å². The van der Waals surface area contributed by atoms with Crippen LogP contribution in [0.1, 0.15) is 82.0 Å². The molecule has 3 atom stereocenters. The summed E-state index contributed by atoms with van der Waals surface area (Å²) < 4.78 is 47.5. The summed E-state index contributed by atoms with van der Waals surface area (Å²) in [5, 5.41) is 11.7. The monoisotopic (exact) mass is 437 g/mol. The molecule has 2 fully saturated rings. The zero-order valence-electron chi connectivity index (χ0n) is 17.8. The van der Waals surface area contributed by atoms with E-state index in [9.17, 15) is 13.2 Å². The van der Waals surface area contributed by atoms with Crippen molar-refractivity contribution in [2.75, 3.05) is 6.54 Å². The lowest BCUT2D eigenvalue weighted by Gasteiger charge is -2.29. The molecule has 1 saturated heterocycles. The van der Waals surface area contributed by atoms with Gasteiger partial charge in [-0.3, -0.25) is 5.41 Å². The van der Waals surface area contributed by atoms with Gasteiger partial charge in [-0.2, -0.15) is 18.2 Å². The van der Waals surface area contributed by atoms with Gasteiger partial charge in [0.05, 0.1) is 0 Å². The van der Waals surface area contributed by atoms with Gasteiger partial charge in [-0.25, -0.2) is 0 Å². The van der Waals surface area contributed by atoms with Crippen LogP contribution < -0.4 is 5.73 Å². The minimum Gasteiger partial charge on any atom is -0.370 e. The average molecular weight is 438 g/mol. The van der Waals surface area contributed by atoms with Crippen molar-refractivity contribution in [2.45, 2.75) is 76.4 Å². The van der Waals surface area contributed by atoms with E-state index in [2.05, 4.69) is 10.1 Å². The summed E-state index contributed by atoms with van der Waals surface area (Å²) in [4.78, 5) is 6.12. The first-order chi connectivity index (χ1) is 14.8. The van der Waals surface area contributed by atoms with Gasteiger partial charge in [0.1, 0.15) is 6.04 Å². The third-order valence-electron chi connectivity index (χ3n) is 7.05. The number of allylic oxidation sites excluding steroid dienone is 4. The lowest BCUT2D eigenvalue weighted by molar-refractivity contribution is -0.100. The summed E-state index contributed by atoms with van der Waals surface area (Å²) in [5.74, 6) is -0.349. The van der Waals surface area contributed by atoms with Crippen LogP contribution in [0.25, 0.3) is 0 Å². The first kappa shape index (κ1) is 21.9. The summed E-state index contributed by atoms with van der Waals surface area (Å²) in [6.07, 6.45) is 6.47. The first-order valence-electron chi connectivity index (χ1n) is 11.2. The molecule has 170 valence electrons. The number of aromatic nitrogens is 2. The Bertz CT molecular complexity index is 869. The molecule has 3 aliphatic rings. The van der Waals surface area contributed by atoms with Crippen molar-refractivity contribution in [1.29, 1.82) is 5.41 Å². The van der Waals surface area contributed by atoms with E-state index in [-0.39, 0.29) is 17.8 Å². The van der Waals surface area contributed by atoms with Crippen LogP contribution in [-0.4, -0.2) is 33.7 Å². The number of rotatable bonds is 5. The molecule has 3 N–H and O–H groups in total. The largest absolute Gasteiger partial charge is 0.413 e. The van der Waals surface area contributed by atoms with Crippen LogP contribution >= 0.6 is 0 Å². The van der Waals surface area contributed by atoms with Crippen LogP contribution in [0.5, 0.6) is 0 Å². The lowest BCUT2D eigenvalue weighted by atomic mass is 9.78. The average Bonchev–Trinajstić information content (AvgIpc) is 3.45. The molecule has 4 rings (SSSR count). The SMILES string of the molecule is CC1C(C(F)(F)F)=C(CCC2CCCC2)C=CC1c1noc([C@@H]2CCCN2C(=N)N)n1. The fraction of sp³-hybridized carbons (Fsp3) is 0.682. The molecule has 1 aliphatic heterocycles. The number of hydrogen-bond donors (Lipinski definition) is 2. The van der Waals surface area contributed by atoms with Crippen molar-refractivity contribution in [2.24, 2.45) is 17.6 Å². The molecule has 1 saturated carbocycles. The number of likely N-dealkylation sites (tertiary alicyclic amines) is 1. The Morgan fingerprint density at radius 3 is 2.68 bits per heavy atom. The summed E-state index contributed by atoms with van der Waals surface area (Å²) in [7, 11) is 0. The molecular formula is C22H30F3N5O. The first-order valence-corrected chi connectivity index (χ1v) is 11.2. The zero-order valence-corrected chi connectivity index (χ0v) is 17.8. The number of nitrogens with one attached hydrogen (secondary N) is 1. The molecule has 1 aromatic rings. The molecule has 9 heteroatoms. The number of alkyl halides is 3. The Morgan fingerprint density at radius 1 is 1.26 bits per heavy atom. The topological polar surface area (TPSA) is 92.0 Å². The number of halogens is 3. The highest BCUT2D eigenvalue weighted by Gasteiger charge is 2.44. The molecule has 2 aliphatic carbocycles. The van der Waals surface area contributed by atoms with Crippen LogP contribution in [0.4, 0.5) is 13.2 Å². The van der Waals surface area contributed by atoms with Gasteiger partial charge >= 0.3 is 6.18 Å². The highest BCUT2D eigenvalue weighted by atomic mass is 19.4. The number of guanidine groups is 1. The zero-order chi connectivity index (χ0) is 22.2. The van der Waals surface area contributed by atoms with Gasteiger partial charge < -0.3 is 15.2 Å². The van der Waals surface area contributed by atoms with Crippen LogP contribution in [0.2, 0.25) is 0 Å². The maximum Gasteiger partial charge on any atom is 0.413 e. The van der Waals surface area contributed by atoms with Gasteiger partial charge in [0.25, 0.3) is 0 Å². The number of nitrogens with zero attached hydrogens (tertiary/aromatic N) is 3. The maximum atomic E-state index is 14.0. The van der Waals surface area contributed by atoms with E-state index in [1.54, 1.807) is 24.0 Å². The second kappa shape index (κ2) is 8.67. The van der Waals surface area contributed by atoms with E-state index in [1.165, 1.54) is 12.8 Å². The van der Waals surface area contributed by atoms with E-state index in [0.717, 1.165) is 32.1 Å². The van der Waals surface area contributed by atoms with Gasteiger partial charge in [0, 0.05) is 18.0 Å². The predicted molar refractivity (Wildman–Crippen MR) is 110 cm³/mol. The van der Waals surface area contributed by atoms with E-state index in [1.807, 2.05) is 0 Å². The molecule has 0 radical (unpaired) electrons. The van der Waals surface area contributed by atoms with Gasteiger partial charge in [-0.05, 0) is 43.1 Å². The van der Waals surface area contributed by atoms with Gasteiger partial charge in [-0.15, -0.1) is 0 Å². The highest BCUT2D eigenvalue weighted by Crippen LogP contribution is 2.45. The van der Waals surface area contributed by atoms with Crippen LogP contribution in [0, 0.1) is 17.2 Å². The second-order valence-corrected chi connectivity index (χ2v) is 9.03. The standard InChI is InChI=1S/C22H30F3N5O/c1-13-16(19-28-20(31-29-19)17-7-4-12-30(17)21(26)27)11-10-15(18(13)22(23,24)25)9-8-14-5-2-3-6-14/h10-11,13-14,16-17H,2-9,12H2,1H3,(H3,26,27)/t13?,16?,17-/m0/s1.